The summed E-state index contributed by atoms with van der Waals surface area (Å²) in [5.41, 5.74) is 5.16. The molecule has 0 unspecified atom stereocenters. The smallest absolute Gasteiger partial charge is 0.273 e. The van der Waals surface area contributed by atoms with Crippen LogP contribution >= 0.6 is 0 Å². The number of fused-ring (bicyclic) bond motifs is 1. The largest absolute Gasteiger partial charge is 0.350 e. The molecule has 2 aromatic carbocycles. The highest BCUT2D eigenvalue weighted by Crippen LogP contribution is 2.19. The second kappa shape index (κ2) is 5.63. The van der Waals surface area contributed by atoms with Gasteiger partial charge in [0.2, 0.25) is 0 Å². The standard InChI is InChI=1S/C17H15N3O/c1-20-12-15(14-9-5-6-10-16(14)20)17(21)19-18-11-13-7-3-2-4-8-13/h2-12H,1H3,(H,19,21)/b18-11+. The Morgan fingerprint density at radius 1 is 1.10 bits per heavy atom. The van der Waals surface area contributed by atoms with Crippen LogP contribution < -0.4 is 5.43 Å². The van der Waals surface area contributed by atoms with Gasteiger partial charge >= 0.3 is 0 Å². The van der Waals surface area contributed by atoms with Gasteiger partial charge in [-0.1, -0.05) is 48.5 Å². The van der Waals surface area contributed by atoms with Crippen LogP contribution in [0.2, 0.25) is 0 Å². The van der Waals surface area contributed by atoms with Gasteiger partial charge in [0.25, 0.3) is 5.91 Å². The van der Waals surface area contributed by atoms with Crippen LogP contribution in [-0.4, -0.2) is 16.7 Å². The molecule has 0 bridgehead atoms. The predicted octanol–water partition coefficient (Wildman–Crippen LogP) is 2.94. The van der Waals surface area contributed by atoms with Crippen molar-refractivity contribution in [2.24, 2.45) is 12.1 Å². The molecule has 0 spiro atoms. The van der Waals surface area contributed by atoms with Crippen LogP contribution in [0.5, 0.6) is 0 Å². The van der Waals surface area contributed by atoms with Gasteiger partial charge in [0.15, 0.2) is 0 Å². The third-order valence-electron chi connectivity index (χ3n) is 3.32. The minimum atomic E-state index is -0.209. The first kappa shape index (κ1) is 13.1. The van der Waals surface area contributed by atoms with Gasteiger partial charge in [-0.2, -0.15) is 5.10 Å². The average Bonchev–Trinajstić information content (AvgIpc) is 2.86. The van der Waals surface area contributed by atoms with E-state index in [1.807, 2.05) is 72.4 Å². The van der Waals surface area contributed by atoms with Crippen molar-refractivity contribution in [2.75, 3.05) is 0 Å². The van der Waals surface area contributed by atoms with E-state index in [0.717, 1.165) is 16.5 Å². The molecule has 4 heteroatoms. The number of carbonyl (C=O) groups is 1. The van der Waals surface area contributed by atoms with Crippen LogP contribution in [0.3, 0.4) is 0 Å². The number of hydrogen-bond acceptors (Lipinski definition) is 2. The second-order valence-corrected chi connectivity index (χ2v) is 4.78. The molecule has 1 heterocycles. The molecule has 0 aliphatic carbocycles. The van der Waals surface area contributed by atoms with E-state index in [1.54, 1.807) is 6.21 Å². The zero-order valence-electron chi connectivity index (χ0n) is 11.7. The van der Waals surface area contributed by atoms with Gasteiger partial charge in [0.05, 0.1) is 11.8 Å². The predicted molar refractivity (Wildman–Crippen MR) is 84.4 cm³/mol. The summed E-state index contributed by atoms with van der Waals surface area (Å²) in [5.74, 6) is -0.209. The van der Waals surface area contributed by atoms with Crippen molar-refractivity contribution >= 4 is 23.0 Å². The second-order valence-electron chi connectivity index (χ2n) is 4.78. The van der Waals surface area contributed by atoms with Crippen molar-refractivity contribution in [3.05, 3.63) is 71.9 Å². The van der Waals surface area contributed by atoms with E-state index in [-0.39, 0.29) is 5.91 Å². The highest BCUT2D eigenvalue weighted by Gasteiger charge is 2.12. The van der Waals surface area contributed by atoms with Crippen molar-refractivity contribution in [1.29, 1.82) is 0 Å². The van der Waals surface area contributed by atoms with Crippen LogP contribution in [0.15, 0.2) is 65.9 Å². The first-order valence-electron chi connectivity index (χ1n) is 6.68. The maximum absolute atomic E-state index is 12.2. The summed E-state index contributed by atoms with van der Waals surface area (Å²) in [7, 11) is 1.92. The monoisotopic (exact) mass is 277 g/mol. The molecule has 21 heavy (non-hydrogen) atoms. The number of hydrazone groups is 1. The summed E-state index contributed by atoms with van der Waals surface area (Å²) in [6.45, 7) is 0. The molecule has 3 rings (SSSR count). The van der Waals surface area contributed by atoms with E-state index in [0.29, 0.717) is 5.56 Å². The number of aryl methyl sites for hydroxylation is 1. The lowest BCUT2D eigenvalue weighted by Gasteiger charge is -1.98. The number of hydrogen-bond donors (Lipinski definition) is 1. The van der Waals surface area contributed by atoms with Crippen LogP contribution in [0.1, 0.15) is 15.9 Å². The average molecular weight is 277 g/mol. The third kappa shape index (κ3) is 2.69. The summed E-state index contributed by atoms with van der Waals surface area (Å²) in [4.78, 5) is 12.2. The highest BCUT2D eigenvalue weighted by atomic mass is 16.2. The summed E-state index contributed by atoms with van der Waals surface area (Å²) >= 11 is 0. The fraction of sp³-hybridized carbons (Fsp3) is 0.0588. The summed E-state index contributed by atoms with van der Waals surface area (Å²) in [6, 6.07) is 17.4. The molecule has 0 radical (unpaired) electrons. The Labute approximate surface area is 122 Å². The SMILES string of the molecule is Cn1cc(C(=O)N/N=C/c2ccccc2)c2ccccc21. The fourth-order valence-electron chi connectivity index (χ4n) is 2.29. The normalized spacial score (nSPS) is 11.1. The molecule has 1 aromatic heterocycles. The molecule has 0 saturated carbocycles. The van der Waals surface area contributed by atoms with Gasteiger partial charge in [-0.25, -0.2) is 5.43 Å². The van der Waals surface area contributed by atoms with E-state index in [1.165, 1.54) is 0 Å². The topological polar surface area (TPSA) is 46.4 Å². The van der Waals surface area contributed by atoms with Gasteiger partial charge in [0.1, 0.15) is 0 Å². The van der Waals surface area contributed by atoms with Crippen LogP contribution in [-0.2, 0) is 7.05 Å². The lowest BCUT2D eigenvalue weighted by atomic mass is 10.2. The number of aromatic nitrogens is 1. The lowest BCUT2D eigenvalue weighted by Crippen LogP contribution is -2.17. The van der Waals surface area contributed by atoms with E-state index in [9.17, 15) is 4.79 Å². The zero-order valence-corrected chi connectivity index (χ0v) is 11.7. The Morgan fingerprint density at radius 2 is 1.81 bits per heavy atom. The van der Waals surface area contributed by atoms with Crippen LogP contribution in [0.4, 0.5) is 0 Å². The number of para-hydroxylation sites is 1. The molecule has 4 nitrogen and oxygen atoms in total. The third-order valence-corrected chi connectivity index (χ3v) is 3.32. The number of amides is 1. The van der Waals surface area contributed by atoms with Crippen LogP contribution in [0, 0.1) is 0 Å². The number of rotatable bonds is 3. The van der Waals surface area contributed by atoms with Crippen molar-refractivity contribution in [3.63, 3.8) is 0 Å². The number of carbonyl (C=O) groups excluding carboxylic acids is 1. The first-order chi connectivity index (χ1) is 10.3. The van der Waals surface area contributed by atoms with E-state index >= 15 is 0 Å². The first-order valence-corrected chi connectivity index (χ1v) is 6.68. The minimum absolute atomic E-state index is 0.209. The molecule has 1 amide bonds. The minimum Gasteiger partial charge on any atom is -0.350 e. The lowest BCUT2D eigenvalue weighted by molar-refractivity contribution is 0.0956. The molecule has 0 aliphatic heterocycles. The van der Waals surface area contributed by atoms with Crippen molar-refractivity contribution in [3.8, 4) is 0 Å². The Bertz CT molecular complexity index is 803. The Hall–Kier alpha value is -2.88. The molecule has 0 saturated heterocycles. The van der Waals surface area contributed by atoms with Gasteiger partial charge < -0.3 is 4.57 Å². The number of nitrogens with one attached hydrogen (secondary N) is 1. The zero-order chi connectivity index (χ0) is 14.7. The summed E-state index contributed by atoms with van der Waals surface area (Å²) < 4.78 is 1.94. The van der Waals surface area contributed by atoms with Crippen molar-refractivity contribution in [1.82, 2.24) is 9.99 Å². The molecular formula is C17H15N3O. The van der Waals surface area contributed by atoms with Gasteiger partial charge in [-0.15, -0.1) is 0 Å². The molecule has 0 atom stereocenters. The molecular weight excluding hydrogens is 262 g/mol. The Kier molecular flexibility index (Phi) is 3.51. The van der Waals surface area contributed by atoms with E-state index in [4.69, 9.17) is 0 Å². The maximum Gasteiger partial charge on any atom is 0.273 e. The molecule has 0 aliphatic rings. The maximum atomic E-state index is 12.2. The fourth-order valence-corrected chi connectivity index (χ4v) is 2.29. The molecule has 104 valence electrons. The van der Waals surface area contributed by atoms with Gasteiger partial charge in [-0.05, 0) is 11.6 Å². The van der Waals surface area contributed by atoms with Gasteiger partial charge in [0, 0.05) is 24.1 Å². The highest BCUT2D eigenvalue weighted by molar-refractivity contribution is 6.07. The molecule has 0 fully saturated rings. The summed E-state index contributed by atoms with van der Waals surface area (Å²) in [5, 5.41) is 4.92. The van der Waals surface area contributed by atoms with Crippen molar-refractivity contribution in [2.45, 2.75) is 0 Å². The molecule has 1 N–H and O–H groups in total. The summed E-state index contributed by atoms with van der Waals surface area (Å²) in [6.07, 6.45) is 3.45. The van der Waals surface area contributed by atoms with Crippen molar-refractivity contribution < 1.29 is 4.79 Å². The number of nitrogens with zero attached hydrogens (tertiary/aromatic N) is 2. The molecule has 3 aromatic rings. The van der Waals surface area contributed by atoms with Crippen LogP contribution in [0.25, 0.3) is 10.9 Å². The number of benzene rings is 2. The van der Waals surface area contributed by atoms with E-state index < -0.39 is 0 Å². The quantitative estimate of drug-likeness (QED) is 0.580. The van der Waals surface area contributed by atoms with E-state index in [2.05, 4.69) is 10.5 Å². The van der Waals surface area contributed by atoms with Gasteiger partial charge in [-0.3, -0.25) is 4.79 Å². The Morgan fingerprint density at radius 3 is 2.62 bits per heavy atom. The Balaban J connectivity index is 1.80.